The Hall–Kier alpha value is -2.32. The fourth-order valence-electron chi connectivity index (χ4n) is 2.77. The molecular weight excluding hydrogens is 298 g/mol. The first-order chi connectivity index (χ1) is 10.5. The van der Waals surface area contributed by atoms with Gasteiger partial charge in [-0.3, -0.25) is 0 Å². The van der Waals surface area contributed by atoms with Crippen LogP contribution in [-0.2, 0) is 15.3 Å². The zero-order chi connectivity index (χ0) is 15.8. The second kappa shape index (κ2) is 5.15. The molecule has 0 amide bonds. The number of sulfone groups is 1. The lowest BCUT2D eigenvalue weighted by molar-refractivity contribution is 0.414. The smallest absolute Gasteiger partial charge is 0.183 e. The molecule has 1 aliphatic rings. The molecule has 3 rings (SSSR count). The highest BCUT2D eigenvalue weighted by Crippen LogP contribution is 2.54. The van der Waals surface area contributed by atoms with E-state index in [1.807, 2.05) is 0 Å². The topological polar surface area (TPSA) is 67.2 Å². The van der Waals surface area contributed by atoms with Crippen molar-refractivity contribution in [1.29, 1.82) is 5.26 Å². The van der Waals surface area contributed by atoms with E-state index in [4.69, 9.17) is 4.74 Å². The van der Waals surface area contributed by atoms with Crippen molar-refractivity contribution in [1.82, 2.24) is 0 Å². The Morgan fingerprint density at radius 2 is 1.91 bits per heavy atom. The molecule has 0 aromatic heterocycles. The van der Waals surface area contributed by atoms with Gasteiger partial charge in [0.15, 0.2) is 9.84 Å². The van der Waals surface area contributed by atoms with E-state index in [1.54, 1.807) is 61.7 Å². The summed E-state index contributed by atoms with van der Waals surface area (Å²) in [5, 5.41) is 8.89. The summed E-state index contributed by atoms with van der Waals surface area (Å²) in [7, 11) is -1.97. The second-order valence-electron chi connectivity index (χ2n) is 5.37. The summed E-state index contributed by atoms with van der Waals surface area (Å²) in [6.07, 6.45) is 0.313. The van der Waals surface area contributed by atoms with Crippen LogP contribution in [-0.4, -0.2) is 20.8 Å². The van der Waals surface area contributed by atoms with Gasteiger partial charge in [0.2, 0.25) is 0 Å². The number of nitrogens with zero attached hydrogens (tertiary/aromatic N) is 1. The zero-order valence-corrected chi connectivity index (χ0v) is 12.9. The van der Waals surface area contributed by atoms with Crippen molar-refractivity contribution in [2.24, 2.45) is 0 Å². The van der Waals surface area contributed by atoms with E-state index in [0.29, 0.717) is 17.7 Å². The molecule has 5 heteroatoms. The normalized spacial score (nSPS) is 23.5. The fourth-order valence-corrected chi connectivity index (χ4v) is 4.83. The van der Waals surface area contributed by atoms with Crippen LogP contribution in [0.3, 0.4) is 0 Å². The molecule has 1 aliphatic carbocycles. The average molecular weight is 313 g/mol. The van der Waals surface area contributed by atoms with E-state index in [1.165, 1.54) is 0 Å². The molecular formula is C17H15NO3S. The Bertz CT molecular complexity index is 840. The van der Waals surface area contributed by atoms with Crippen LogP contribution in [0.5, 0.6) is 5.75 Å². The van der Waals surface area contributed by atoms with Gasteiger partial charge in [0.25, 0.3) is 0 Å². The minimum absolute atomic E-state index is 0.264. The van der Waals surface area contributed by atoms with Gasteiger partial charge in [0.05, 0.1) is 23.3 Å². The van der Waals surface area contributed by atoms with E-state index in [9.17, 15) is 13.7 Å². The monoisotopic (exact) mass is 313 g/mol. The summed E-state index contributed by atoms with van der Waals surface area (Å²) in [5.74, 6) is 0.620. The highest BCUT2D eigenvalue weighted by molar-refractivity contribution is 7.92. The first kappa shape index (κ1) is 14.6. The van der Waals surface area contributed by atoms with Crippen LogP contribution in [0.4, 0.5) is 0 Å². The third-order valence-corrected chi connectivity index (χ3v) is 6.37. The largest absolute Gasteiger partial charge is 0.497 e. The molecule has 2 atom stereocenters. The molecule has 2 aromatic rings. The van der Waals surface area contributed by atoms with Gasteiger partial charge in [-0.05, 0) is 36.2 Å². The Morgan fingerprint density at radius 3 is 2.55 bits per heavy atom. The van der Waals surface area contributed by atoms with Crippen LogP contribution < -0.4 is 4.74 Å². The first-order valence-electron chi connectivity index (χ1n) is 6.89. The van der Waals surface area contributed by atoms with Gasteiger partial charge >= 0.3 is 0 Å². The van der Waals surface area contributed by atoms with Crippen molar-refractivity contribution in [2.75, 3.05) is 7.11 Å². The molecule has 0 heterocycles. The molecule has 2 unspecified atom stereocenters. The van der Waals surface area contributed by atoms with Crippen LogP contribution >= 0.6 is 0 Å². The molecule has 1 saturated carbocycles. The van der Waals surface area contributed by atoms with E-state index < -0.39 is 20.5 Å². The van der Waals surface area contributed by atoms with Crippen LogP contribution in [0, 0.1) is 11.3 Å². The molecule has 0 spiro atoms. The number of hydrogen-bond acceptors (Lipinski definition) is 4. The molecule has 1 fully saturated rings. The number of hydrogen-bond donors (Lipinski definition) is 0. The maximum absolute atomic E-state index is 12.7. The van der Waals surface area contributed by atoms with Crippen molar-refractivity contribution >= 4 is 9.84 Å². The van der Waals surface area contributed by atoms with Gasteiger partial charge in [-0.25, -0.2) is 8.42 Å². The molecule has 22 heavy (non-hydrogen) atoms. The summed E-state index contributed by atoms with van der Waals surface area (Å²) in [6, 6.07) is 17.6. The van der Waals surface area contributed by atoms with Gasteiger partial charge in [-0.1, -0.05) is 30.3 Å². The Morgan fingerprint density at radius 1 is 1.18 bits per heavy atom. The van der Waals surface area contributed by atoms with Crippen LogP contribution in [0.25, 0.3) is 0 Å². The fraction of sp³-hybridized carbons (Fsp3) is 0.235. The third-order valence-electron chi connectivity index (χ3n) is 4.13. The van der Waals surface area contributed by atoms with Crippen LogP contribution in [0.15, 0.2) is 59.5 Å². The van der Waals surface area contributed by atoms with E-state index in [0.717, 1.165) is 0 Å². The Balaban J connectivity index is 2.01. The molecule has 0 bridgehead atoms. The Labute approximate surface area is 129 Å². The van der Waals surface area contributed by atoms with Crippen LogP contribution in [0.2, 0.25) is 0 Å². The SMILES string of the molecule is COc1cccc(C2(C#N)CC2S(=O)(=O)c2ccccc2)c1. The Kier molecular flexibility index (Phi) is 3.42. The molecule has 0 aliphatic heterocycles. The number of methoxy groups -OCH3 is 1. The van der Waals surface area contributed by atoms with Crippen LogP contribution in [0.1, 0.15) is 12.0 Å². The van der Waals surface area contributed by atoms with Crippen molar-refractivity contribution in [3.63, 3.8) is 0 Å². The first-order valence-corrected chi connectivity index (χ1v) is 8.44. The second-order valence-corrected chi connectivity index (χ2v) is 7.50. The molecule has 0 radical (unpaired) electrons. The lowest BCUT2D eigenvalue weighted by Gasteiger charge is -2.11. The zero-order valence-electron chi connectivity index (χ0n) is 12.1. The summed E-state index contributed by atoms with van der Waals surface area (Å²) in [4.78, 5) is 0.264. The maximum atomic E-state index is 12.7. The average Bonchev–Trinajstić information content (AvgIpc) is 3.33. The van der Waals surface area contributed by atoms with E-state index in [-0.39, 0.29) is 4.90 Å². The summed E-state index contributed by atoms with van der Waals surface area (Å²) in [5.41, 5.74) is -0.290. The number of ether oxygens (including phenoxy) is 1. The summed E-state index contributed by atoms with van der Waals surface area (Å²) < 4.78 is 30.6. The van der Waals surface area contributed by atoms with Crippen molar-refractivity contribution in [3.05, 3.63) is 60.2 Å². The number of rotatable bonds is 4. The predicted octanol–water partition coefficient (Wildman–Crippen LogP) is 2.70. The predicted molar refractivity (Wildman–Crippen MR) is 82.3 cm³/mol. The van der Waals surface area contributed by atoms with Gasteiger partial charge in [-0.15, -0.1) is 0 Å². The maximum Gasteiger partial charge on any atom is 0.183 e. The molecule has 0 N–H and O–H groups in total. The van der Waals surface area contributed by atoms with Crippen molar-refractivity contribution < 1.29 is 13.2 Å². The van der Waals surface area contributed by atoms with E-state index in [2.05, 4.69) is 6.07 Å². The molecule has 2 aromatic carbocycles. The van der Waals surface area contributed by atoms with Gasteiger partial charge in [0.1, 0.15) is 11.2 Å². The molecule has 112 valence electrons. The summed E-state index contributed by atoms with van der Waals surface area (Å²) in [6.45, 7) is 0. The minimum Gasteiger partial charge on any atom is -0.497 e. The van der Waals surface area contributed by atoms with Gasteiger partial charge in [-0.2, -0.15) is 5.26 Å². The summed E-state index contributed by atoms with van der Waals surface area (Å²) >= 11 is 0. The number of nitriles is 1. The molecule has 4 nitrogen and oxygen atoms in total. The highest BCUT2D eigenvalue weighted by Gasteiger charge is 2.63. The highest BCUT2D eigenvalue weighted by atomic mass is 32.2. The molecule has 0 saturated heterocycles. The van der Waals surface area contributed by atoms with Crippen molar-refractivity contribution in [2.45, 2.75) is 22.0 Å². The van der Waals surface area contributed by atoms with Crippen molar-refractivity contribution in [3.8, 4) is 11.8 Å². The van der Waals surface area contributed by atoms with Gasteiger partial charge in [0, 0.05) is 0 Å². The van der Waals surface area contributed by atoms with E-state index >= 15 is 0 Å². The lowest BCUT2D eigenvalue weighted by atomic mass is 9.97. The third kappa shape index (κ3) is 2.16. The van der Waals surface area contributed by atoms with Gasteiger partial charge < -0.3 is 4.74 Å². The lowest BCUT2D eigenvalue weighted by Crippen LogP contribution is -2.18. The minimum atomic E-state index is -3.52. The number of benzene rings is 2. The standard InChI is InChI=1S/C17H15NO3S/c1-21-14-7-5-6-13(10-14)17(12-18)11-16(17)22(19,20)15-8-3-2-4-9-15/h2-10,16H,11H2,1H3. The quantitative estimate of drug-likeness (QED) is 0.870.